The van der Waals surface area contributed by atoms with E-state index in [1.54, 1.807) is 13.0 Å². The normalized spacial score (nSPS) is 9.95. The summed E-state index contributed by atoms with van der Waals surface area (Å²) in [5.41, 5.74) is -0.0272. The van der Waals surface area contributed by atoms with E-state index in [9.17, 15) is 14.9 Å². The van der Waals surface area contributed by atoms with Gasteiger partial charge in [0.05, 0.1) is 11.5 Å². The van der Waals surface area contributed by atoms with Crippen LogP contribution in [0, 0.1) is 10.1 Å². The quantitative estimate of drug-likeness (QED) is 0.666. The fraction of sp³-hybridized carbons (Fsp3) is 0.154. The molecule has 0 fully saturated rings. The Balaban J connectivity index is 2.22. The lowest BCUT2D eigenvalue weighted by molar-refractivity contribution is -0.383. The number of nitro groups is 1. The molecule has 1 N–H and O–H groups in total. The van der Waals surface area contributed by atoms with Gasteiger partial charge in [0.2, 0.25) is 5.88 Å². The van der Waals surface area contributed by atoms with Crippen LogP contribution in [-0.2, 0) is 0 Å². The molecule has 0 aliphatic carbocycles. The van der Waals surface area contributed by atoms with Gasteiger partial charge in [0.1, 0.15) is 17.7 Å². The van der Waals surface area contributed by atoms with E-state index in [1.807, 2.05) is 0 Å². The third-order valence-electron chi connectivity index (χ3n) is 2.52. The third kappa shape index (κ3) is 3.50. The molecule has 0 aliphatic heterocycles. The molecule has 1 aromatic heterocycles. The van der Waals surface area contributed by atoms with Gasteiger partial charge >= 0.3 is 0 Å². The van der Waals surface area contributed by atoms with Crippen molar-refractivity contribution < 1.29 is 14.5 Å². The SMILES string of the molecule is CCOc1cc(C(=O)Nc2ccccc2[N+](=O)[O-])ncn1. The fourth-order valence-electron chi connectivity index (χ4n) is 1.62. The van der Waals surface area contributed by atoms with Gasteiger partial charge in [0.15, 0.2) is 0 Å². The van der Waals surface area contributed by atoms with Crippen LogP contribution in [0.25, 0.3) is 0 Å². The van der Waals surface area contributed by atoms with Crippen LogP contribution in [0.15, 0.2) is 36.7 Å². The number of benzene rings is 1. The first kappa shape index (κ1) is 14.4. The lowest BCUT2D eigenvalue weighted by Crippen LogP contribution is -2.15. The molecule has 1 aromatic carbocycles. The minimum atomic E-state index is -0.576. The average molecular weight is 288 g/mol. The van der Waals surface area contributed by atoms with Crippen LogP contribution in [0.1, 0.15) is 17.4 Å². The maximum atomic E-state index is 12.1. The summed E-state index contributed by atoms with van der Waals surface area (Å²) in [6, 6.07) is 7.23. The molecule has 2 aromatic rings. The number of ether oxygens (including phenoxy) is 1. The summed E-state index contributed by atoms with van der Waals surface area (Å²) in [4.78, 5) is 30.0. The van der Waals surface area contributed by atoms with E-state index in [0.717, 1.165) is 0 Å². The minimum Gasteiger partial charge on any atom is -0.478 e. The lowest BCUT2D eigenvalue weighted by atomic mass is 10.2. The second-order valence-electron chi connectivity index (χ2n) is 3.90. The molecule has 8 heteroatoms. The summed E-state index contributed by atoms with van der Waals surface area (Å²) in [6.45, 7) is 2.19. The first-order valence-electron chi connectivity index (χ1n) is 6.11. The molecule has 0 aliphatic rings. The fourth-order valence-corrected chi connectivity index (χ4v) is 1.62. The van der Waals surface area contributed by atoms with Crippen molar-refractivity contribution in [3.05, 3.63) is 52.5 Å². The van der Waals surface area contributed by atoms with Crippen LogP contribution >= 0.6 is 0 Å². The van der Waals surface area contributed by atoms with Crippen molar-refractivity contribution >= 4 is 17.3 Å². The van der Waals surface area contributed by atoms with Crippen LogP contribution < -0.4 is 10.1 Å². The van der Waals surface area contributed by atoms with E-state index < -0.39 is 10.8 Å². The monoisotopic (exact) mass is 288 g/mol. The number of nitrogens with zero attached hydrogens (tertiary/aromatic N) is 3. The van der Waals surface area contributed by atoms with Crippen molar-refractivity contribution in [2.24, 2.45) is 0 Å². The Labute approximate surface area is 120 Å². The Kier molecular flexibility index (Phi) is 4.39. The van der Waals surface area contributed by atoms with E-state index in [-0.39, 0.29) is 22.9 Å². The summed E-state index contributed by atoms with van der Waals surface area (Å²) in [6.07, 6.45) is 1.19. The molecule has 0 spiro atoms. The Bertz CT molecular complexity index is 675. The van der Waals surface area contributed by atoms with E-state index >= 15 is 0 Å². The van der Waals surface area contributed by atoms with Gasteiger partial charge in [-0.15, -0.1) is 0 Å². The van der Waals surface area contributed by atoms with Crippen LogP contribution in [0.3, 0.4) is 0 Å². The summed E-state index contributed by atoms with van der Waals surface area (Å²) >= 11 is 0. The average Bonchev–Trinajstić information content (AvgIpc) is 2.48. The summed E-state index contributed by atoms with van der Waals surface area (Å²) in [5.74, 6) is -0.312. The third-order valence-corrected chi connectivity index (χ3v) is 2.52. The number of hydrogen-bond donors (Lipinski definition) is 1. The highest BCUT2D eigenvalue weighted by Crippen LogP contribution is 2.23. The summed E-state index contributed by atoms with van der Waals surface area (Å²) < 4.78 is 5.17. The first-order valence-corrected chi connectivity index (χ1v) is 6.11. The van der Waals surface area contributed by atoms with Crippen LogP contribution in [0.4, 0.5) is 11.4 Å². The number of anilines is 1. The number of rotatable bonds is 5. The Hall–Kier alpha value is -3.03. The maximum Gasteiger partial charge on any atom is 0.292 e. The van der Waals surface area contributed by atoms with Crippen LogP contribution in [0.2, 0.25) is 0 Å². The van der Waals surface area contributed by atoms with E-state index in [2.05, 4.69) is 15.3 Å². The second kappa shape index (κ2) is 6.42. The van der Waals surface area contributed by atoms with Crippen molar-refractivity contribution in [1.82, 2.24) is 9.97 Å². The molecule has 0 saturated heterocycles. The highest BCUT2D eigenvalue weighted by Gasteiger charge is 2.16. The molecular formula is C13H12N4O4. The number of nitro benzene ring substituents is 1. The molecular weight excluding hydrogens is 276 g/mol. The van der Waals surface area contributed by atoms with Gasteiger partial charge in [-0.1, -0.05) is 12.1 Å². The van der Waals surface area contributed by atoms with E-state index in [1.165, 1.54) is 30.6 Å². The Morgan fingerprint density at radius 2 is 2.14 bits per heavy atom. The predicted molar refractivity (Wildman–Crippen MR) is 74.3 cm³/mol. The molecule has 1 amide bonds. The van der Waals surface area contributed by atoms with Crippen LogP contribution in [-0.4, -0.2) is 27.4 Å². The van der Waals surface area contributed by atoms with Gasteiger partial charge in [-0.25, -0.2) is 9.97 Å². The second-order valence-corrected chi connectivity index (χ2v) is 3.90. The Morgan fingerprint density at radius 1 is 1.38 bits per heavy atom. The highest BCUT2D eigenvalue weighted by molar-refractivity contribution is 6.04. The van der Waals surface area contributed by atoms with Crippen molar-refractivity contribution in [3.8, 4) is 5.88 Å². The molecule has 21 heavy (non-hydrogen) atoms. The van der Waals surface area contributed by atoms with Crippen LogP contribution in [0.5, 0.6) is 5.88 Å². The molecule has 0 bridgehead atoms. The number of nitrogens with one attached hydrogen (secondary N) is 1. The zero-order valence-electron chi connectivity index (χ0n) is 11.1. The molecule has 1 heterocycles. The molecule has 0 radical (unpaired) electrons. The number of para-hydroxylation sites is 2. The van der Waals surface area contributed by atoms with Crippen molar-refractivity contribution in [1.29, 1.82) is 0 Å². The zero-order valence-corrected chi connectivity index (χ0v) is 11.1. The minimum absolute atomic E-state index is 0.0617. The largest absolute Gasteiger partial charge is 0.478 e. The number of carbonyl (C=O) groups is 1. The molecule has 2 rings (SSSR count). The number of aromatic nitrogens is 2. The van der Waals surface area contributed by atoms with Gasteiger partial charge in [0.25, 0.3) is 11.6 Å². The molecule has 108 valence electrons. The van der Waals surface area contributed by atoms with Crippen molar-refractivity contribution in [2.45, 2.75) is 6.92 Å². The lowest BCUT2D eigenvalue weighted by Gasteiger charge is -2.06. The highest BCUT2D eigenvalue weighted by atomic mass is 16.6. The van der Waals surface area contributed by atoms with Gasteiger partial charge < -0.3 is 10.1 Å². The standard InChI is InChI=1S/C13H12N4O4/c1-2-21-12-7-10(14-8-15-12)13(18)16-9-5-3-4-6-11(9)17(19)20/h3-8H,2H2,1H3,(H,16,18). The van der Waals surface area contributed by atoms with E-state index in [4.69, 9.17) is 4.74 Å². The molecule has 0 atom stereocenters. The van der Waals surface area contributed by atoms with Crippen molar-refractivity contribution in [3.63, 3.8) is 0 Å². The number of hydrogen-bond acceptors (Lipinski definition) is 6. The molecule has 0 unspecified atom stereocenters. The number of carbonyl (C=O) groups excluding carboxylic acids is 1. The molecule has 8 nitrogen and oxygen atoms in total. The zero-order chi connectivity index (χ0) is 15.2. The number of amides is 1. The topological polar surface area (TPSA) is 107 Å². The molecule has 0 saturated carbocycles. The summed E-state index contributed by atoms with van der Waals surface area (Å²) in [5, 5.41) is 13.3. The first-order chi connectivity index (χ1) is 10.1. The van der Waals surface area contributed by atoms with Crippen molar-refractivity contribution in [2.75, 3.05) is 11.9 Å². The predicted octanol–water partition coefficient (Wildman–Crippen LogP) is 2.04. The van der Waals surface area contributed by atoms with Gasteiger partial charge in [-0.3, -0.25) is 14.9 Å². The maximum absolute atomic E-state index is 12.1. The Morgan fingerprint density at radius 3 is 2.86 bits per heavy atom. The van der Waals surface area contributed by atoms with Gasteiger partial charge in [0, 0.05) is 12.1 Å². The smallest absolute Gasteiger partial charge is 0.292 e. The van der Waals surface area contributed by atoms with Gasteiger partial charge in [-0.2, -0.15) is 0 Å². The van der Waals surface area contributed by atoms with Gasteiger partial charge in [-0.05, 0) is 13.0 Å². The summed E-state index contributed by atoms with van der Waals surface area (Å²) in [7, 11) is 0. The van der Waals surface area contributed by atoms with E-state index in [0.29, 0.717) is 6.61 Å².